The van der Waals surface area contributed by atoms with Gasteiger partial charge in [0.05, 0.1) is 6.20 Å². The molecule has 5 heteroatoms. The second-order valence-electron chi connectivity index (χ2n) is 3.04. The van der Waals surface area contributed by atoms with E-state index >= 15 is 0 Å². The number of aromatic nitrogens is 2. The third kappa shape index (κ3) is 1.96. The van der Waals surface area contributed by atoms with Crippen LogP contribution in [0, 0.1) is 0 Å². The van der Waals surface area contributed by atoms with Crippen LogP contribution in [0.1, 0.15) is 0 Å². The lowest BCUT2D eigenvalue weighted by Crippen LogP contribution is -1.88. The van der Waals surface area contributed by atoms with Crippen LogP contribution < -0.4 is 5.73 Å². The average Bonchev–Trinajstić information content (AvgIpc) is 2.65. The maximum absolute atomic E-state index is 6.11. The van der Waals surface area contributed by atoms with Crippen LogP contribution in [0.4, 0.5) is 5.82 Å². The molecule has 0 amide bonds. The van der Waals surface area contributed by atoms with Gasteiger partial charge in [-0.2, -0.15) is 5.10 Å². The molecule has 0 bridgehead atoms. The van der Waals surface area contributed by atoms with Crippen molar-refractivity contribution in [1.82, 2.24) is 10.2 Å². The number of nitrogens with two attached hydrogens (primary N) is 1. The highest BCUT2D eigenvalue weighted by atomic mass is 35.5. The number of benzene rings is 1. The highest BCUT2D eigenvalue weighted by molar-refractivity contribution is 7.98. The lowest BCUT2D eigenvalue weighted by atomic mass is 10.1. The van der Waals surface area contributed by atoms with Gasteiger partial charge in [0.25, 0.3) is 0 Å². The van der Waals surface area contributed by atoms with E-state index in [-0.39, 0.29) is 0 Å². The summed E-state index contributed by atoms with van der Waals surface area (Å²) in [6.07, 6.45) is 3.70. The monoisotopic (exact) mass is 239 g/mol. The minimum Gasteiger partial charge on any atom is -0.384 e. The van der Waals surface area contributed by atoms with Gasteiger partial charge in [0.2, 0.25) is 0 Å². The van der Waals surface area contributed by atoms with Crippen molar-refractivity contribution in [3.8, 4) is 11.1 Å². The molecule has 0 saturated heterocycles. The molecular weight excluding hydrogens is 230 g/mol. The van der Waals surface area contributed by atoms with E-state index in [9.17, 15) is 0 Å². The Kier molecular flexibility index (Phi) is 2.88. The summed E-state index contributed by atoms with van der Waals surface area (Å²) in [5, 5.41) is 7.25. The van der Waals surface area contributed by atoms with Crippen LogP contribution in [0.25, 0.3) is 11.1 Å². The lowest BCUT2D eigenvalue weighted by Gasteiger charge is -2.04. The van der Waals surface area contributed by atoms with Gasteiger partial charge < -0.3 is 5.73 Å². The molecule has 2 aromatic rings. The molecule has 3 N–H and O–H groups in total. The number of halogens is 1. The van der Waals surface area contributed by atoms with Crippen molar-refractivity contribution in [2.24, 2.45) is 0 Å². The molecule has 0 radical (unpaired) electrons. The molecule has 0 atom stereocenters. The molecule has 0 aliphatic carbocycles. The molecule has 0 fully saturated rings. The number of aromatic amines is 1. The number of hydrogen-bond donors (Lipinski definition) is 2. The Morgan fingerprint density at radius 1 is 1.40 bits per heavy atom. The maximum Gasteiger partial charge on any atom is 0.126 e. The average molecular weight is 240 g/mol. The van der Waals surface area contributed by atoms with Gasteiger partial charge in [-0.3, -0.25) is 5.10 Å². The smallest absolute Gasteiger partial charge is 0.126 e. The SMILES string of the molecule is CSc1ccc(Cl)c(-c2cn[nH]c2N)c1. The molecule has 1 heterocycles. The first-order valence-corrected chi connectivity index (χ1v) is 5.95. The van der Waals surface area contributed by atoms with Crippen molar-refractivity contribution in [2.75, 3.05) is 12.0 Å². The quantitative estimate of drug-likeness (QED) is 0.792. The maximum atomic E-state index is 6.11. The number of anilines is 1. The standard InChI is InChI=1S/C10H10ClN3S/c1-15-6-2-3-9(11)7(4-6)8-5-13-14-10(8)12/h2-5H,1H3,(H3,12,13,14). The van der Waals surface area contributed by atoms with E-state index in [1.165, 1.54) is 0 Å². The molecule has 1 aromatic carbocycles. The third-order valence-electron chi connectivity index (χ3n) is 2.13. The first-order valence-electron chi connectivity index (χ1n) is 4.35. The molecule has 15 heavy (non-hydrogen) atoms. The fourth-order valence-electron chi connectivity index (χ4n) is 1.35. The summed E-state index contributed by atoms with van der Waals surface area (Å²) in [5.41, 5.74) is 7.50. The van der Waals surface area contributed by atoms with Crippen LogP contribution in [0.5, 0.6) is 0 Å². The van der Waals surface area contributed by atoms with E-state index in [2.05, 4.69) is 10.2 Å². The van der Waals surface area contributed by atoms with Crippen LogP contribution >= 0.6 is 23.4 Å². The molecular formula is C10H10ClN3S. The molecule has 0 unspecified atom stereocenters. The first-order chi connectivity index (χ1) is 7.22. The Bertz CT molecular complexity index is 481. The van der Waals surface area contributed by atoms with E-state index in [0.717, 1.165) is 16.0 Å². The first kappa shape index (κ1) is 10.4. The summed E-state index contributed by atoms with van der Waals surface area (Å²) < 4.78 is 0. The Morgan fingerprint density at radius 3 is 2.80 bits per heavy atom. The van der Waals surface area contributed by atoms with Crippen molar-refractivity contribution in [2.45, 2.75) is 4.90 Å². The number of H-pyrrole nitrogens is 1. The van der Waals surface area contributed by atoms with Crippen LogP contribution in [-0.4, -0.2) is 16.5 Å². The van der Waals surface area contributed by atoms with Gasteiger partial charge in [-0.15, -0.1) is 11.8 Å². The van der Waals surface area contributed by atoms with Crippen molar-refractivity contribution >= 4 is 29.2 Å². The summed E-state index contributed by atoms with van der Waals surface area (Å²) in [4.78, 5) is 1.15. The number of hydrogen-bond acceptors (Lipinski definition) is 3. The number of nitrogen functional groups attached to an aromatic ring is 1. The second-order valence-corrected chi connectivity index (χ2v) is 4.33. The van der Waals surface area contributed by atoms with E-state index < -0.39 is 0 Å². The van der Waals surface area contributed by atoms with E-state index in [1.807, 2.05) is 24.5 Å². The zero-order valence-electron chi connectivity index (χ0n) is 8.12. The van der Waals surface area contributed by atoms with Gasteiger partial charge in [0.1, 0.15) is 5.82 Å². The summed E-state index contributed by atoms with van der Waals surface area (Å²) >= 11 is 7.77. The molecule has 0 spiro atoms. The zero-order chi connectivity index (χ0) is 10.8. The lowest BCUT2D eigenvalue weighted by molar-refractivity contribution is 1.10. The van der Waals surface area contributed by atoms with Gasteiger partial charge in [-0.1, -0.05) is 11.6 Å². The third-order valence-corrected chi connectivity index (χ3v) is 3.19. The molecule has 78 valence electrons. The van der Waals surface area contributed by atoms with Crippen molar-refractivity contribution < 1.29 is 0 Å². The molecule has 2 rings (SSSR count). The van der Waals surface area contributed by atoms with Crippen molar-refractivity contribution in [3.63, 3.8) is 0 Å². The Labute approximate surface area is 97.0 Å². The van der Waals surface area contributed by atoms with Gasteiger partial charge in [0.15, 0.2) is 0 Å². The van der Waals surface area contributed by atoms with Crippen LogP contribution in [-0.2, 0) is 0 Å². The molecule has 0 aliphatic rings. The van der Waals surface area contributed by atoms with E-state index in [0.29, 0.717) is 10.8 Å². The predicted molar refractivity (Wildman–Crippen MR) is 65.2 cm³/mol. The van der Waals surface area contributed by atoms with Gasteiger partial charge in [-0.25, -0.2) is 0 Å². The highest BCUT2D eigenvalue weighted by Gasteiger charge is 2.09. The summed E-state index contributed by atoms with van der Waals surface area (Å²) in [6, 6.07) is 5.86. The van der Waals surface area contributed by atoms with Crippen LogP contribution in [0.3, 0.4) is 0 Å². The fraction of sp³-hybridized carbons (Fsp3) is 0.100. The second kappa shape index (κ2) is 4.16. The predicted octanol–water partition coefficient (Wildman–Crippen LogP) is 3.03. The molecule has 0 saturated carbocycles. The number of rotatable bonds is 2. The van der Waals surface area contributed by atoms with Crippen molar-refractivity contribution in [3.05, 3.63) is 29.4 Å². The topological polar surface area (TPSA) is 54.7 Å². The summed E-state index contributed by atoms with van der Waals surface area (Å²) in [6.45, 7) is 0. The minimum absolute atomic E-state index is 0.537. The number of nitrogens with one attached hydrogen (secondary N) is 1. The largest absolute Gasteiger partial charge is 0.384 e. The Balaban J connectivity index is 2.56. The highest BCUT2D eigenvalue weighted by Crippen LogP contribution is 2.33. The Hall–Kier alpha value is -1.13. The minimum atomic E-state index is 0.537. The van der Waals surface area contributed by atoms with Crippen molar-refractivity contribution in [1.29, 1.82) is 0 Å². The number of thioether (sulfide) groups is 1. The van der Waals surface area contributed by atoms with Crippen LogP contribution in [0.15, 0.2) is 29.3 Å². The van der Waals surface area contributed by atoms with Crippen LogP contribution in [0.2, 0.25) is 5.02 Å². The molecule has 3 nitrogen and oxygen atoms in total. The van der Waals surface area contributed by atoms with E-state index in [1.54, 1.807) is 18.0 Å². The number of nitrogens with zero attached hydrogens (tertiary/aromatic N) is 1. The summed E-state index contributed by atoms with van der Waals surface area (Å²) in [7, 11) is 0. The van der Waals surface area contributed by atoms with E-state index in [4.69, 9.17) is 17.3 Å². The van der Waals surface area contributed by atoms with Gasteiger partial charge in [-0.05, 0) is 24.5 Å². The Morgan fingerprint density at radius 2 is 2.20 bits per heavy atom. The van der Waals surface area contributed by atoms with Gasteiger partial charge >= 0.3 is 0 Å². The van der Waals surface area contributed by atoms with Gasteiger partial charge in [0, 0.05) is 21.0 Å². The normalized spacial score (nSPS) is 10.5. The molecule has 1 aromatic heterocycles. The fourth-order valence-corrected chi connectivity index (χ4v) is 2.01. The molecule has 0 aliphatic heterocycles. The summed E-state index contributed by atoms with van der Waals surface area (Å²) in [5.74, 6) is 0.537. The zero-order valence-corrected chi connectivity index (χ0v) is 9.69.